The number of benzene rings is 1. The van der Waals surface area contributed by atoms with Gasteiger partial charge in [0, 0.05) is 18.3 Å². The zero-order valence-electron chi connectivity index (χ0n) is 8.29. The fourth-order valence-electron chi connectivity index (χ4n) is 1.61. The highest BCUT2D eigenvalue weighted by atomic mass is 35.5. The van der Waals surface area contributed by atoms with Gasteiger partial charge in [-0.25, -0.2) is 0 Å². The van der Waals surface area contributed by atoms with E-state index in [1.807, 2.05) is 36.2 Å². The molecule has 0 radical (unpaired) electrons. The number of anilines is 1. The molecule has 0 aliphatic carbocycles. The highest BCUT2D eigenvalue weighted by Crippen LogP contribution is 2.31. The summed E-state index contributed by atoms with van der Waals surface area (Å²) in [6.07, 6.45) is 3.97. The van der Waals surface area contributed by atoms with Gasteiger partial charge >= 0.3 is 0 Å². The Morgan fingerprint density at radius 3 is 2.64 bits per heavy atom. The van der Waals surface area contributed by atoms with Crippen molar-refractivity contribution in [1.29, 1.82) is 0 Å². The van der Waals surface area contributed by atoms with Gasteiger partial charge in [0.1, 0.15) is 5.16 Å². The van der Waals surface area contributed by atoms with Crippen molar-refractivity contribution in [3.8, 4) is 0 Å². The Kier molecular flexibility index (Phi) is 2.34. The van der Waals surface area contributed by atoms with Crippen LogP contribution in [-0.4, -0.2) is 7.05 Å². The molecular weight excluding hydrogens is 194 g/mol. The molecule has 0 amide bonds. The smallest absolute Gasteiger partial charge is 0.109 e. The lowest BCUT2D eigenvalue weighted by atomic mass is 10.1. The summed E-state index contributed by atoms with van der Waals surface area (Å²) in [6.45, 7) is 2.10. The van der Waals surface area contributed by atoms with Crippen molar-refractivity contribution in [2.24, 2.45) is 0 Å². The predicted octanol–water partition coefficient (Wildman–Crippen LogP) is 3.62. The number of para-hydroxylation sites is 1. The molecule has 1 aliphatic heterocycles. The lowest BCUT2D eigenvalue weighted by molar-refractivity contribution is 1.18. The van der Waals surface area contributed by atoms with Gasteiger partial charge in [-0.15, -0.1) is 0 Å². The van der Waals surface area contributed by atoms with E-state index in [4.69, 9.17) is 11.6 Å². The molecule has 0 N–H and O–H groups in total. The van der Waals surface area contributed by atoms with E-state index in [-0.39, 0.29) is 0 Å². The van der Waals surface area contributed by atoms with Crippen LogP contribution in [-0.2, 0) is 0 Å². The van der Waals surface area contributed by atoms with Crippen molar-refractivity contribution in [2.45, 2.75) is 6.92 Å². The molecular formula is C12H12ClN. The number of fused-ring (bicyclic) bond motifs is 1. The van der Waals surface area contributed by atoms with Crippen LogP contribution in [0.25, 0.3) is 5.57 Å². The van der Waals surface area contributed by atoms with Crippen LogP contribution < -0.4 is 4.90 Å². The molecule has 0 bridgehead atoms. The number of halogens is 1. The van der Waals surface area contributed by atoms with Crippen LogP contribution in [0.5, 0.6) is 0 Å². The van der Waals surface area contributed by atoms with Crippen LogP contribution in [0.2, 0.25) is 0 Å². The van der Waals surface area contributed by atoms with Crippen molar-refractivity contribution in [3.63, 3.8) is 0 Å². The van der Waals surface area contributed by atoms with Crippen LogP contribution in [0.15, 0.2) is 41.6 Å². The van der Waals surface area contributed by atoms with Crippen LogP contribution in [0.4, 0.5) is 5.69 Å². The Labute approximate surface area is 89.3 Å². The van der Waals surface area contributed by atoms with Crippen molar-refractivity contribution < 1.29 is 0 Å². The average molecular weight is 206 g/mol. The first-order valence-corrected chi connectivity index (χ1v) is 4.95. The Balaban J connectivity index is 2.64. The van der Waals surface area contributed by atoms with Gasteiger partial charge in [-0.05, 0) is 24.6 Å². The molecule has 0 spiro atoms. The Bertz CT molecular complexity index is 418. The van der Waals surface area contributed by atoms with E-state index in [0.29, 0.717) is 0 Å². The standard InChI is InChI=1S/C12H12ClN/c1-9-7-8-12(13)14(2)11-6-4-3-5-10(9)11/h3-8H,1-2H3. The number of rotatable bonds is 0. The van der Waals surface area contributed by atoms with Gasteiger partial charge in [-0.1, -0.05) is 35.9 Å². The number of hydrogen-bond donors (Lipinski definition) is 0. The Morgan fingerprint density at radius 1 is 1.14 bits per heavy atom. The van der Waals surface area contributed by atoms with Gasteiger partial charge < -0.3 is 4.90 Å². The third-order valence-electron chi connectivity index (χ3n) is 2.48. The van der Waals surface area contributed by atoms with Crippen LogP contribution >= 0.6 is 11.6 Å². The third kappa shape index (κ3) is 1.44. The van der Waals surface area contributed by atoms with Gasteiger partial charge in [0.2, 0.25) is 0 Å². The quantitative estimate of drug-likeness (QED) is 0.585. The molecule has 0 saturated heterocycles. The first-order valence-electron chi connectivity index (χ1n) is 4.57. The van der Waals surface area contributed by atoms with Crippen LogP contribution in [0.3, 0.4) is 0 Å². The maximum atomic E-state index is 6.11. The number of nitrogens with zero attached hydrogens (tertiary/aromatic N) is 1. The SMILES string of the molecule is CC1=CC=C(Cl)N(C)c2ccccc21. The fraction of sp³-hybridized carbons (Fsp3) is 0.167. The molecule has 1 heterocycles. The van der Waals surface area contributed by atoms with Gasteiger partial charge in [0.05, 0.1) is 0 Å². The normalized spacial score (nSPS) is 15.5. The summed E-state index contributed by atoms with van der Waals surface area (Å²) >= 11 is 6.11. The zero-order valence-corrected chi connectivity index (χ0v) is 9.05. The van der Waals surface area contributed by atoms with E-state index in [1.165, 1.54) is 11.1 Å². The molecule has 1 aliphatic rings. The first kappa shape index (κ1) is 9.35. The molecule has 1 aromatic rings. The lowest BCUT2D eigenvalue weighted by Crippen LogP contribution is -2.13. The van der Waals surface area contributed by atoms with Crippen molar-refractivity contribution >= 4 is 22.9 Å². The van der Waals surface area contributed by atoms with Crippen molar-refractivity contribution in [1.82, 2.24) is 0 Å². The van der Waals surface area contributed by atoms with E-state index in [2.05, 4.69) is 19.1 Å². The summed E-state index contributed by atoms with van der Waals surface area (Å²) in [5, 5.41) is 0.745. The van der Waals surface area contributed by atoms with Gasteiger partial charge in [-0.3, -0.25) is 0 Å². The summed E-state index contributed by atoms with van der Waals surface area (Å²) < 4.78 is 0. The monoisotopic (exact) mass is 205 g/mol. The molecule has 2 rings (SSSR count). The minimum Gasteiger partial charge on any atom is -0.335 e. The zero-order chi connectivity index (χ0) is 10.1. The second-order valence-electron chi connectivity index (χ2n) is 3.42. The molecule has 0 fully saturated rings. The summed E-state index contributed by atoms with van der Waals surface area (Å²) in [6, 6.07) is 8.26. The summed E-state index contributed by atoms with van der Waals surface area (Å²) in [5.74, 6) is 0. The molecule has 1 aromatic carbocycles. The minimum atomic E-state index is 0.745. The molecule has 0 aromatic heterocycles. The van der Waals surface area contributed by atoms with E-state index >= 15 is 0 Å². The average Bonchev–Trinajstić information content (AvgIpc) is 2.33. The highest BCUT2D eigenvalue weighted by Gasteiger charge is 2.12. The maximum absolute atomic E-state index is 6.11. The molecule has 2 heteroatoms. The first-order chi connectivity index (χ1) is 6.70. The fourth-order valence-corrected chi connectivity index (χ4v) is 1.76. The Morgan fingerprint density at radius 2 is 1.86 bits per heavy atom. The maximum Gasteiger partial charge on any atom is 0.109 e. The van der Waals surface area contributed by atoms with E-state index < -0.39 is 0 Å². The minimum absolute atomic E-state index is 0.745. The van der Waals surface area contributed by atoms with Gasteiger partial charge in [0.25, 0.3) is 0 Å². The second-order valence-corrected chi connectivity index (χ2v) is 3.80. The predicted molar refractivity (Wildman–Crippen MR) is 62.4 cm³/mol. The Hall–Kier alpha value is -1.21. The van der Waals surface area contributed by atoms with Crippen molar-refractivity contribution in [2.75, 3.05) is 11.9 Å². The number of allylic oxidation sites excluding steroid dienone is 3. The molecule has 72 valence electrons. The summed E-state index contributed by atoms with van der Waals surface area (Å²) in [7, 11) is 1.98. The summed E-state index contributed by atoms with van der Waals surface area (Å²) in [5.41, 5.74) is 3.63. The van der Waals surface area contributed by atoms with E-state index in [9.17, 15) is 0 Å². The van der Waals surface area contributed by atoms with Crippen LogP contribution in [0, 0.1) is 0 Å². The topological polar surface area (TPSA) is 3.24 Å². The molecule has 14 heavy (non-hydrogen) atoms. The lowest BCUT2D eigenvalue weighted by Gasteiger charge is -2.19. The molecule has 1 nitrogen and oxygen atoms in total. The van der Waals surface area contributed by atoms with Crippen LogP contribution in [0.1, 0.15) is 12.5 Å². The summed E-state index contributed by atoms with van der Waals surface area (Å²) in [4.78, 5) is 1.99. The van der Waals surface area contributed by atoms with Crippen molar-refractivity contribution in [3.05, 3.63) is 47.1 Å². The second kappa shape index (κ2) is 3.50. The largest absolute Gasteiger partial charge is 0.335 e. The van der Waals surface area contributed by atoms with Gasteiger partial charge in [0.15, 0.2) is 0 Å². The molecule has 0 saturated carbocycles. The van der Waals surface area contributed by atoms with Gasteiger partial charge in [-0.2, -0.15) is 0 Å². The highest BCUT2D eigenvalue weighted by molar-refractivity contribution is 6.31. The number of hydrogen-bond acceptors (Lipinski definition) is 1. The third-order valence-corrected chi connectivity index (χ3v) is 2.86. The van der Waals surface area contributed by atoms with E-state index in [1.54, 1.807) is 0 Å². The van der Waals surface area contributed by atoms with E-state index in [0.717, 1.165) is 10.8 Å². The molecule has 0 atom stereocenters. The molecule has 0 unspecified atom stereocenters.